The van der Waals surface area contributed by atoms with Gasteiger partial charge in [-0.3, -0.25) is 4.79 Å². The van der Waals surface area contributed by atoms with Crippen molar-refractivity contribution in [1.29, 1.82) is 0 Å². The average molecular weight is 318 g/mol. The number of ether oxygens (including phenoxy) is 1. The fourth-order valence-electron chi connectivity index (χ4n) is 2.32. The largest absolute Gasteiger partial charge is 0.494 e. The number of allylic oxidation sites excluding steroid dienone is 1. The second-order valence-corrected chi connectivity index (χ2v) is 5.22. The van der Waals surface area contributed by atoms with Crippen LogP contribution in [-0.2, 0) is 0 Å². The van der Waals surface area contributed by atoms with E-state index in [1.54, 1.807) is 18.6 Å². The third kappa shape index (κ3) is 3.79. The van der Waals surface area contributed by atoms with Crippen LogP contribution in [0.4, 0.5) is 0 Å². The van der Waals surface area contributed by atoms with Gasteiger partial charge in [-0.15, -0.1) is 0 Å². The zero-order valence-electron chi connectivity index (χ0n) is 13.4. The van der Waals surface area contributed by atoms with Crippen molar-refractivity contribution in [2.24, 2.45) is 0 Å². The molecule has 2 aromatic carbocycles. The molecular weight excluding hydrogens is 300 g/mol. The Bertz CT molecular complexity index is 817. The molecule has 24 heavy (non-hydrogen) atoms. The van der Waals surface area contributed by atoms with Crippen LogP contribution in [0.2, 0.25) is 0 Å². The van der Waals surface area contributed by atoms with Gasteiger partial charge in [0.2, 0.25) is 0 Å². The second kappa shape index (κ2) is 7.42. The normalized spacial score (nSPS) is 10.9. The van der Waals surface area contributed by atoms with Crippen LogP contribution in [0.1, 0.15) is 22.8 Å². The van der Waals surface area contributed by atoms with Gasteiger partial charge in [0, 0.05) is 23.6 Å². The molecule has 1 aromatic heterocycles. The van der Waals surface area contributed by atoms with Gasteiger partial charge in [0.05, 0.1) is 12.9 Å². The van der Waals surface area contributed by atoms with Crippen LogP contribution in [0.25, 0.3) is 11.8 Å². The molecule has 0 aliphatic carbocycles. The number of aromatic nitrogens is 2. The number of carbonyl (C=O) groups excluding carboxylic acids is 1. The molecule has 120 valence electrons. The lowest BCUT2D eigenvalue weighted by Gasteiger charge is -2.03. The highest BCUT2D eigenvalue weighted by molar-refractivity contribution is 6.06. The zero-order chi connectivity index (χ0) is 16.8. The van der Waals surface area contributed by atoms with Crippen LogP contribution in [0.15, 0.2) is 73.3 Å². The summed E-state index contributed by atoms with van der Waals surface area (Å²) in [5, 5.41) is 0. The Balaban J connectivity index is 1.67. The van der Waals surface area contributed by atoms with Crippen molar-refractivity contribution in [2.75, 3.05) is 6.61 Å². The molecular formula is C20H18N2O2. The van der Waals surface area contributed by atoms with Crippen molar-refractivity contribution < 1.29 is 9.53 Å². The average Bonchev–Trinajstić information content (AvgIpc) is 3.16. The molecule has 0 aliphatic rings. The predicted octanol–water partition coefficient (Wildman–Crippen LogP) is 4.17. The van der Waals surface area contributed by atoms with Gasteiger partial charge in [-0.05, 0) is 55.0 Å². The van der Waals surface area contributed by atoms with E-state index in [0.717, 1.165) is 17.0 Å². The van der Waals surface area contributed by atoms with Gasteiger partial charge in [0.15, 0.2) is 5.78 Å². The smallest absolute Gasteiger partial charge is 0.185 e. The van der Waals surface area contributed by atoms with E-state index >= 15 is 0 Å². The third-order valence-corrected chi connectivity index (χ3v) is 3.57. The van der Waals surface area contributed by atoms with Gasteiger partial charge in [0.25, 0.3) is 0 Å². The van der Waals surface area contributed by atoms with E-state index in [-0.39, 0.29) is 5.78 Å². The minimum atomic E-state index is -0.0268. The van der Waals surface area contributed by atoms with Gasteiger partial charge in [-0.2, -0.15) is 0 Å². The molecule has 0 fully saturated rings. The lowest BCUT2D eigenvalue weighted by molar-refractivity contribution is 0.104. The molecule has 0 N–H and O–H groups in total. The zero-order valence-corrected chi connectivity index (χ0v) is 13.4. The molecule has 0 saturated heterocycles. The van der Waals surface area contributed by atoms with Crippen LogP contribution >= 0.6 is 0 Å². The Morgan fingerprint density at radius 2 is 1.88 bits per heavy atom. The van der Waals surface area contributed by atoms with Crippen LogP contribution < -0.4 is 4.74 Å². The van der Waals surface area contributed by atoms with Gasteiger partial charge >= 0.3 is 0 Å². The second-order valence-electron chi connectivity index (χ2n) is 5.22. The van der Waals surface area contributed by atoms with Crippen LogP contribution in [-0.4, -0.2) is 21.9 Å². The summed E-state index contributed by atoms with van der Waals surface area (Å²) in [6, 6.07) is 15.1. The van der Waals surface area contributed by atoms with Crippen molar-refractivity contribution in [3.63, 3.8) is 0 Å². The van der Waals surface area contributed by atoms with E-state index in [1.165, 1.54) is 0 Å². The molecule has 0 atom stereocenters. The van der Waals surface area contributed by atoms with Crippen molar-refractivity contribution in [1.82, 2.24) is 9.55 Å². The van der Waals surface area contributed by atoms with Gasteiger partial charge in [-0.1, -0.05) is 18.2 Å². The maximum absolute atomic E-state index is 12.3. The van der Waals surface area contributed by atoms with Crippen LogP contribution in [0.5, 0.6) is 5.75 Å². The maximum atomic E-state index is 12.3. The first kappa shape index (κ1) is 15.7. The summed E-state index contributed by atoms with van der Waals surface area (Å²) in [4.78, 5) is 16.3. The summed E-state index contributed by atoms with van der Waals surface area (Å²) in [5.41, 5.74) is 2.59. The first-order valence-corrected chi connectivity index (χ1v) is 7.80. The molecule has 0 saturated carbocycles. The van der Waals surface area contributed by atoms with E-state index in [2.05, 4.69) is 4.98 Å². The SMILES string of the molecule is CCOc1ccc(/C=C/C(=O)c2ccc(-n3ccnc3)cc2)cc1. The minimum absolute atomic E-state index is 0.0268. The van der Waals surface area contributed by atoms with Crippen molar-refractivity contribution in [3.8, 4) is 11.4 Å². The molecule has 3 aromatic rings. The lowest BCUT2D eigenvalue weighted by atomic mass is 10.1. The summed E-state index contributed by atoms with van der Waals surface area (Å²) in [7, 11) is 0. The molecule has 0 aliphatic heterocycles. The van der Waals surface area contributed by atoms with E-state index in [0.29, 0.717) is 12.2 Å². The van der Waals surface area contributed by atoms with Gasteiger partial charge in [-0.25, -0.2) is 4.98 Å². The molecule has 4 heteroatoms. The Labute approximate surface area is 141 Å². The number of carbonyl (C=O) groups is 1. The van der Waals surface area contributed by atoms with E-state index < -0.39 is 0 Å². The molecule has 0 unspecified atom stereocenters. The number of ketones is 1. The highest BCUT2D eigenvalue weighted by atomic mass is 16.5. The molecule has 0 spiro atoms. The Morgan fingerprint density at radius 1 is 1.12 bits per heavy atom. The molecule has 0 radical (unpaired) electrons. The van der Waals surface area contributed by atoms with Crippen LogP contribution in [0.3, 0.4) is 0 Å². The molecule has 4 nitrogen and oxygen atoms in total. The standard InChI is InChI=1S/C20H18N2O2/c1-2-24-19-10-3-16(4-11-19)5-12-20(23)17-6-8-18(9-7-17)22-14-13-21-15-22/h3-15H,2H2,1H3/b12-5+. The lowest BCUT2D eigenvalue weighted by Crippen LogP contribution is -1.96. The van der Waals surface area contributed by atoms with E-state index in [9.17, 15) is 4.79 Å². The number of imidazole rings is 1. The summed E-state index contributed by atoms with van der Waals surface area (Å²) in [6.07, 6.45) is 8.70. The molecule has 1 heterocycles. The summed E-state index contributed by atoms with van der Waals surface area (Å²) in [6.45, 7) is 2.59. The minimum Gasteiger partial charge on any atom is -0.494 e. The van der Waals surface area contributed by atoms with Crippen molar-refractivity contribution >= 4 is 11.9 Å². The quantitative estimate of drug-likeness (QED) is 0.506. The number of benzene rings is 2. The maximum Gasteiger partial charge on any atom is 0.185 e. The number of hydrogen-bond donors (Lipinski definition) is 0. The molecule has 3 rings (SSSR count). The fourth-order valence-corrected chi connectivity index (χ4v) is 2.32. The highest BCUT2D eigenvalue weighted by Gasteiger charge is 2.02. The Morgan fingerprint density at radius 3 is 2.50 bits per heavy atom. The predicted molar refractivity (Wildman–Crippen MR) is 94.5 cm³/mol. The van der Waals surface area contributed by atoms with E-state index in [1.807, 2.05) is 72.3 Å². The molecule has 0 bridgehead atoms. The number of hydrogen-bond acceptors (Lipinski definition) is 3. The number of rotatable bonds is 6. The monoisotopic (exact) mass is 318 g/mol. The topological polar surface area (TPSA) is 44.1 Å². The van der Waals surface area contributed by atoms with Crippen LogP contribution in [0, 0.1) is 0 Å². The van der Waals surface area contributed by atoms with E-state index in [4.69, 9.17) is 4.74 Å². The highest BCUT2D eigenvalue weighted by Crippen LogP contribution is 2.14. The Hall–Kier alpha value is -3.14. The summed E-state index contributed by atoms with van der Waals surface area (Å²) in [5.74, 6) is 0.803. The van der Waals surface area contributed by atoms with Crippen molar-refractivity contribution in [2.45, 2.75) is 6.92 Å². The van der Waals surface area contributed by atoms with Gasteiger partial charge in [0.1, 0.15) is 5.75 Å². The molecule has 0 amide bonds. The first-order valence-electron chi connectivity index (χ1n) is 7.80. The summed E-state index contributed by atoms with van der Waals surface area (Å²) < 4.78 is 7.29. The third-order valence-electron chi connectivity index (χ3n) is 3.57. The number of nitrogens with zero attached hydrogens (tertiary/aromatic N) is 2. The van der Waals surface area contributed by atoms with Gasteiger partial charge < -0.3 is 9.30 Å². The summed E-state index contributed by atoms with van der Waals surface area (Å²) >= 11 is 0. The fraction of sp³-hybridized carbons (Fsp3) is 0.100. The Kier molecular flexibility index (Phi) is 4.87. The van der Waals surface area contributed by atoms with Crippen molar-refractivity contribution in [3.05, 3.63) is 84.5 Å². The first-order chi connectivity index (χ1) is 11.8.